The largest absolute Gasteiger partial charge is 0.495 e. The molecule has 0 aliphatic heterocycles. The van der Waals surface area contributed by atoms with Crippen molar-refractivity contribution in [1.82, 2.24) is 5.32 Å². The van der Waals surface area contributed by atoms with Crippen LogP contribution in [0, 0.1) is 0 Å². The highest BCUT2D eigenvalue weighted by molar-refractivity contribution is 7.92. The van der Waals surface area contributed by atoms with Gasteiger partial charge in [0.25, 0.3) is 0 Å². The van der Waals surface area contributed by atoms with E-state index in [-0.39, 0.29) is 19.0 Å². The van der Waals surface area contributed by atoms with Crippen LogP contribution in [0.3, 0.4) is 0 Å². The predicted molar refractivity (Wildman–Crippen MR) is 90.0 cm³/mol. The van der Waals surface area contributed by atoms with Crippen molar-refractivity contribution in [2.75, 3.05) is 37.9 Å². The number of carbonyl (C=O) groups is 1. The van der Waals surface area contributed by atoms with Crippen LogP contribution in [0.15, 0.2) is 12.1 Å². The number of nitrogens with zero attached hydrogens (tertiary/aromatic N) is 1. The third-order valence-electron chi connectivity index (χ3n) is 3.08. The van der Waals surface area contributed by atoms with Gasteiger partial charge < -0.3 is 14.8 Å². The number of hydrogen-bond acceptors (Lipinski definition) is 5. The van der Waals surface area contributed by atoms with Crippen LogP contribution < -0.4 is 19.1 Å². The molecule has 9 heteroatoms. The maximum Gasteiger partial charge on any atom is 0.232 e. The van der Waals surface area contributed by atoms with Gasteiger partial charge in [-0.1, -0.05) is 18.5 Å². The van der Waals surface area contributed by atoms with Crippen molar-refractivity contribution in [3.8, 4) is 11.5 Å². The molecule has 0 spiro atoms. The molecule has 1 aromatic rings. The normalized spacial score (nSPS) is 11.0. The lowest BCUT2D eigenvalue weighted by molar-refractivity contribution is -0.120. The van der Waals surface area contributed by atoms with Gasteiger partial charge in [0.15, 0.2) is 0 Å². The summed E-state index contributed by atoms with van der Waals surface area (Å²) in [5, 5.41) is 2.95. The molecule has 0 bridgehead atoms. The van der Waals surface area contributed by atoms with Crippen molar-refractivity contribution in [3.63, 3.8) is 0 Å². The summed E-state index contributed by atoms with van der Waals surface area (Å²) in [5.41, 5.74) is 0.294. The quantitative estimate of drug-likeness (QED) is 0.758. The highest BCUT2D eigenvalue weighted by atomic mass is 35.5. The summed E-state index contributed by atoms with van der Waals surface area (Å²) in [6.07, 6.45) is 1.41. The molecule has 0 fully saturated rings. The van der Waals surface area contributed by atoms with E-state index in [0.717, 1.165) is 10.6 Å². The molecule has 0 saturated heterocycles. The van der Waals surface area contributed by atoms with Gasteiger partial charge in [-0.25, -0.2) is 8.42 Å². The first-order valence-corrected chi connectivity index (χ1v) is 9.13. The second-order valence-corrected chi connectivity index (χ2v) is 7.01. The summed E-state index contributed by atoms with van der Waals surface area (Å²) in [7, 11) is -0.738. The van der Waals surface area contributed by atoms with Crippen LogP contribution in [0.1, 0.15) is 13.3 Å². The molecule has 0 aliphatic rings. The second-order valence-electron chi connectivity index (χ2n) is 4.70. The lowest BCUT2D eigenvalue weighted by atomic mass is 10.2. The highest BCUT2D eigenvalue weighted by Gasteiger charge is 2.23. The van der Waals surface area contributed by atoms with Gasteiger partial charge in [0.2, 0.25) is 15.9 Å². The van der Waals surface area contributed by atoms with Gasteiger partial charge in [-0.2, -0.15) is 0 Å². The number of ether oxygens (including phenoxy) is 2. The summed E-state index contributed by atoms with van der Waals surface area (Å²) in [6, 6.07) is 2.97. The number of halogens is 1. The van der Waals surface area contributed by atoms with Gasteiger partial charge in [-0.15, -0.1) is 0 Å². The van der Waals surface area contributed by atoms with Crippen LogP contribution in [0.2, 0.25) is 5.02 Å². The van der Waals surface area contributed by atoms with E-state index in [0.29, 0.717) is 28.6 Å². The Morgan fingerprint density at radius 2 is 1.87 bits per heavy atom. The van der Waals surface area contributed by atoms with E-state index < -0.39 is 10.0 Å². The zero-order valence-corrected chi connectivity index (χ0v) is 15.1. The number of rotatable bonds is 8. The number of nitrogens with one attached hydrogen (secondary N) is 1. The standard InChI is InChI=1S/C14H21ClN2O5S/c1-5-14(18)16-6-7-17(23(4,19)20)11-9-12(21-2)10(15)8-13(11)22-3/h8-9H,5-7H2,1-4H3,(H,16,18). The molecule has 0 saturated carbocycles. The number of benzene rings is 1. The average Bonchev–Trinajstić information content (AvgIpc) is 2.50. The van der Waals surface area contributed by atoms with Gasteiger partial charge in [0, 0.05) is 25.1 Å². The Hall–Kier alpha value is -1.67. The van der Waals surface area contributed by atoms with E-state index >= 15 is 0 Å². The van der Waals surface area contributed by atoms with Gasteiger partial charge in [0.05, 0.1) is 37.7 Å². The summed E-state index contributed by atoms with van der Waals surface area (Å²) in [4.78, 5) is 11.3. The van der Waals surface area contributed by atoms with Crippen LogP contribution in [-0.2, 0) is 14.8 Å². The minimum absolute atomic E-state index is 0.0612. The summed E-state index contributed by atoms with van der Waals surface area (Å²) in [5.74, 6) is 0.468. The minimum atomic E-state index is -3.59. The predicted octanol–water partition coefficient (Wildman–Crippen LogP) is 1.65. The molecule has 130 valence electrons. The number of anilines is 1. The van der Waals surface area contributed by atoms with E-state index in [4.69, 9.17) is 21.1 Å². The molecule has 0 atom stereocenters. The zero-order valence-electron chi connectivity index (χ0n) is 13.6. The van der Waals surface area contributed by atoms with Gasteiger partial charge >= 0.3 is 0 Å². The van der Waals surface area contributed by atoms with Crippen LogP contribution in [0.4, 0.5) is 5.69 Å². The maximum atomic E-state index is 12.1. The maximum absolute atomic E-state index is 12.1. The Morgan fingerprint density at radius 3 is 2.35 bits per heavy atom. The number of sulfonamides is 1. The van der Waals surface area contributed by atoms with Crippen LogP contribution >= 0.6 is 11.6 Å². The monoisotopic (exact) mass is 364 g/mol. The van der Waals surface area contributed by atoms with Crippen LogP contribution in [0.25, 0.3) is 0 Å². The second kappa shape index (κ2) is 8.26. The van der Waals surface area contributed by atoms with Gasteiger partial charge in [-0.3, -0.25) is 9.10 Å². The Labute approximate surface area is 141 Å². The summed E-state index contributed by atoms with van der Waals surface area (Å²) < 4.78 is 35.7. The first-order valence-electron chi connectivity index (χ1n) is 6.90. The Balaban J connectivity index is 3.19. The van der Waals surface area contributed by atoms with Crippen molar-refractivity contribution in [2.45, 2.75) is 13.3 Å². The number of hydrogen-bond donors (Lipinski definition) is 1. The van der Waals surface area contributed by atoms with Crippen molar-refractivity contribution >= 4 is 33.2 Å². The first kappa shape index (κ1) is 19.4. The highest BCUT2D eigenvalue weighted by Crippen LogP contribution is 2.38. The van der Waals surface area contributed by atoms with Crippen molar-refractivity contribution < 1.29 is 22.7 Å². The van der Waals surface area contributed by atoms with E-state index in [1.54, 1.807) is 6.92 Å². The fourth-order valence-corrected chi connectivity index (χ4v) is 3.08. The summed E-state index contributed by atoms with van der Waals surface area (Å²) >= 11 is 6.03. The lowest BCUT2D eigenvalue weighted by Gasteiger charge is -2.25. The average molecular weight is 365 g/mol. The van der Waals surface area contributed by atoms with Crippen molar-refractivity contribution in [2.24, 2.45) is 0 Å². The topological polar surface area (TPSA) is 84.9 Å². The third kappa shape index (κ3) is 5.18. The molecule has 23 heavy (non-hydrogen) atoms. The van der Waals surface area contributed by atoms with Crippen LogP contribution in [-0.4, -0.2) is 47.9 Å². The van der Waals surface area contributed by atoms with E-state index in [1.807, 2.05) is 0 Å². The molecule has 1 N–H and O–H groups in total. The number of amides is 1. The molecular weight excluding hydrogens is 344 g/mol. The fraction of sp³-hybridized carbons (Fsp3) is 0.500. The Bertz CT molecular complexity index is 663. The molecule has 1 aromatic carbocycles. The van der Waals surface area contributed by atoms with Gasteiger partial charge in [0.1, 0.15) is 11.5 Å². The minimum Gasteiger partial charge on any atom is -0.495 e. The van der Waals surface area contributed by atoms with Crippen molar-refractivity contribution in [1.29, 1.82) is 0 Å². The molecule has 1 amide bonds. The van der Waals surface area contributed by atoms with E-state index in [1.165, 1.54) is 26.4 Å². The third-order valence-corrected chi connectivity index (χ3v) is 4.56. The molecule has 0 heterocycles. The molecule has 0 radical (unpaired) electrons. The molecule has 0 aliphatic carbocycles. The molecule has 1 rings (SSSR count). The Kier molecular flexibility index (Phi) is 6.96. The lowest BCUT2D eigenvalue weighted by Crippen LogP contribution is -2.38. The van der Waals surface area contributed by atoms with Gasteiger partial charge in [-0.05, 0) is 0 Å². The van der Waals surface area contributed by atoms with E-state index in [9.17, 15) is 13.2 Å². The molecule has 7 nitrogen and oxygen atoms in total. The molecule has 0 unspecified atom stereocenters. The SMILES string of the molecule is CCC(=O)NCCN(c1cc(OC)c(Cl)cc1OC)S(C)(=O)=O. The smallest absolute Gasteiger partial charge is 0.232 e. The molecular formula is C14H21ClN2O5S. The van der Waals surface area contributed by atoms with Crippen molar-refractivity contribution in [3.05, 3.63) is 17.2 Å². The molecule has 0 aromatic heterocycles. The first-order chi connectivity index (χ1) is 10.7. The number of carbonyl (C=O) groups excluding carboxylic acids is 1. The number of methoxy groups -OCH3 is 2. The fourth-order valence-electron chi connectivity index (χ4n) is 1.93. The zero-order chi connectivity index (χ0) is 17.6. The summed E-state index contributed by atoms with van der Waals surface area (Å²) in [6.45, 7) is 1.95. The van der Waals surface area contributed by atoms with Crippen LogP contribution in [0.5, 0.6) is 11.5 Å². The Morgan fingerprint density at radius 1 is 1.26 bits per heavy atom. The van der Waals surface area contributed by atoms with E-state index in [2.05, 4.69) is 5.32 Å².